The molecule has 1 fully saturated rings. The minimum Gasteiger partial charge on any atom is -0.391 e. The number of aromatic nitrogens is 3. The van der Waals surface area contributed by atoms with Crippen LogP contribution in [0.3, 0.4) is 0 Å². The van der Waals surface area contributed by atoms with Crippen LogP contribution in [0.2, 0.25) is 0 Å². The van der Waals surface area contributed by atoms with Crippen molar-refractivity contribution in [1.29, 1.82) is 0 Å². The number of aliphatic hydroxyl groups excluding tert-OH is 1. The number of halogens is 1. The summed E-state index contributed by atoms with van der Waals surface area (Å²) in [6, 6.07) is 2.55. The molecular weight excluding hydrogens is 299 g/mol. The highest BCUT2D eigenvalue weighted by Gasteiger charge is 2.36. The zero-order chi connectivity index (χ0) is 16.4. The van der Waals surface area contributed by atoms with Crippen LogP contribution in [0.5, 0.6) is 0 Å². The fraction of sp³-hybridized carbons (Fsp3) is 0.438. The van der Waals surface area contributed by atoms with E-state index < -0.39 is 11.9 Å². The monoisotopic (exact) mass is 318 g/mol. The number of likely N-dealkylation sites (tertiary alicyclic amines) is 1. The summed E-state index contributed by atoms with van der Waals surface area (Å²) in [6.07, 6.45) is 5.43. The van der Waals surface area contributed by atoms with Gasteiger partial charge >= 0.3 is 0 Å². The molecular formula is C16H19FN4O2. The minimum atomic E-state index is -0.541. The van der Waals surface area contributed by atoms with Crippen molar-refractivity contribution in [3.8, 4) is 0 Å². The third-order valence-electron chi connectivity index (χ3n) is 4.15. The smallest absolute Gasteiger partial charge is 0.228 e. The van der Waals surface area contributed by atoms with E-state index in [2.05, 4.69) is 10.1 Å². The highest BCUT2D eigenvalue weighted by Crippen LogP contribution is 2.22. The molecule has 0 aromatic carbocycles. The molecule has 2 aromatic heterocycles. The fourth-order valence-corrected chi connectivity index (χ4v) is 2.98. The summed E-state index contributed by atoms with van der Waals surface area (Å²) in [5.74, 6) is -0.526. The normalized spacial score (nSPS) is 20.9. The number of carbonyl (C=O) groups is 1. The number of pyridine rings is 1. The molecule has 7 heteroatoms. The molecule has 122 valence electrons. The van der Waals surface area contributed by atoms with Crippen molar-refractivity contribution in [3.63, 3.8) is 0 Å². The van der Waals surface area contributed by atoms with E-state index >= 15 is 0 Å². The van der Waals surface area contributed by atoms with Crippen molar-refractivity contribution in [2.24, 2.45) is 7.05 Å². The third-order valence-corrected chi connectivity index (χ3v) is 4.15. The Morgan fingerprint density at radius 3 is 2.91 bits per heavy atom. The predicted octanol–water partition coefficient (Wildman–Crippen LogP) is 0.701. The lowest BCUT2D eigenvalue weighted by molar-refractivity contribution is -0.132. The van der Waals surface area contributed by atoms with Crippen LogP contribution in [0.1, 0.15) is 17.7 Å². The van der Waals surface area contributed by atoms with Gasteiger partial charge in [0.2, 0.25) is 5.91 Å². The van der Waals surface area contributed by atoms with E-state index in [1.807, 2.05) is 13.2 Å². The minimum absolute atomic E-state index is 0.102. The number of hydrogen-bond acceptors (Lipinski definition) is 4. The molecule has 1 aliphatic rings. The van der Waals surface area contributed by atoms with Crippen LogP contribution >= 0.6 is 0 Å². The molecule has 3 heterocycles. The molecule has 0 saturated carbocycles. The van der Waals surface area contributed by atoms with E-state index in [0.29, 0.717) is 25.1 Å². The van der Waals surface area contributed by atoms with Gasteiger partial charge in [-0.3, -0.25) is 14.5 Å². The van der Waals surface area contributed by atoms with E-state index in [4.69, 9.17) is 0 Å². The molecule has 1 aliphatic heterocycles. The van der Waals surface area contributed by atoms with E-state index in [0.717, 1.165) is 11.8 Å². The van der Waals surface area contributed by atoms with Crippen molar-refractivity contribution in [2.75, 3.05) is 6.54 Å². The molecule has 23 heavy (non-hydrogen) atoms. The standard InChI is InChI=1S/C16H19FN4O2/c1-20-10-11(8-19-20)6-14-15(22)4-5-21(14)16(23)7-13-3-2-12(17)9-18-13/h2-3,8-10,14-15,22H,4-7H2,1H3/t14-,15-/m0/s1. The Hall–Kier alpha value is -2.28. The lowest BCUT2D eigenvalue weighted by Crippen LogP contribution is -2.41. The van der Waals surface area contributed by atoms with Crippen LogP contribution < -0.4 is 0 Å². The summed E-state index contributed by atoms with van der Waals surface area (Å²) in [5, 5.41) is 14.3. The van der Waals surface area contributed by atoms with Gasteiger partial charge in [0, 0.05) is 25.5 Å². The molecule has 0 radical (unpaired) electrons. The van der Waals surface area contributed by atoms with Gasteiger partial charge in [-0.15, -0.1) is 0 Å². The van der Waals surface area contributed by atoms with E-state index in [1.165, 1.54) is 12.1 Å². The summed E-state index contributed by atoms with van der Waals surface area (Å²) in [5.41, 5.74) is 1.51. The maximum absolute atomic E-state index is 12.9. The Morgan fingerprint density at radius 1 is 1.43 bits per heavy atom. The predicted molar refractivity (Wildman–Crippen MR) is 80.9 cm³/mol. The van der Waals surface area contributed by atoms with Crippen molar-refractivity contribution in [2.45, 2.75) is 31.4 Å². The second-order valence-electron chi connectivity index (χ2n) is 5.88. The number of aryl methyl sites for hydroxylation is 1. The largest absolute Gasteiger partial charge is 0.391 e. The molecule has 0 spiro atoms. The third kappa shape index (κ3) is 3.56. The maximum Gasteiger partial charge on any atom is 0.228 e. The Balaban J connectivity index is 1.69. The molecule has 1 amide bonds. The van der Waals surface area contributed by atoms with Gasteiger partial charge in [-0.05, 0) is 30.5 Å². The second kappa shape index (κ2) is 6.45. The average molecular weight is 318 g/mol. The zero-order valence-electron chi connectivity index (χ0n) is 12.9. The van der Waals surface area contributed by atoms with Gasteiger partial charge in [0.1, 0.15) is 5.82 Å². The number of aliphatic hydroxyl groups is 1. The molecule has 1 N–H and O–H groups in total. The van der Waals surface area contributed by atoms with Gasteiger partial charge in [-0.2, -0.15) is 5.10 Å². The molecule has 3 rings (SSSR count). The topological polar surface area (TPSA) is 71.2 Å². The summed E-state index contributed by atoms with van der Waals surface area (Å²) in [7, 11) is 1.83. The first-order valence-corrected chi connectivity index (χ1v) is 7.58. The first-order valence-electron chi connectivity index (χ1n) is 7.58. The van der Waals surface area contributed by atoms with Crippen molar-refractivity contribution in [3.05, 3.63) is 47.8 Å². The Bertz CT molecular complexity index is 686. The quantitative estimate of drug-likeness (QED) is 0.901. The molecule has 2 atom stereocenters. The molecule has 0 aliphatic carbocycles. The van der Waals surface area contributed by atoms with Gasteiger partial charge in [0.15, 0.2) is 0 Å². The van der Waals surface area contributed by atoms with Crippen LogP contribution in [0.4, 0.5) is 4.39 Å². The average Bonchev–Trinajstić information content (AvgIpc) is 3.09. The summed E-state index contributed by atoms with van der Waals surface area (Å²) in [4.78, 5) is 18.1. The number of rotatable bonds is 4. The molecule has 6 nitrogen and oxygen atoms in total. The molecule has 2 aromatic rings. The number of amides is 1. The number of nitrogens with zero attached hydrogens (tertiary/aromatic N) is 4. The van der Waals surface area contributed by atoms with Gasteiger partial charge < -0.3 is 10.0 Å². The van der Waals surface area contributed by atoms with Crippen LogP contribution in [-0.4, -0.2) is 49.4 Å². The van der Waals surface area contributed by atoms with Crippen molar-refractivity contribution < 1.29 is 14.3 Å². The summed E-state index contributed by atoms with van der Waals surface area (Å²) in [6.45, 7) is 0.520. The van der Waals surface area contributed by atoms with Crippen LogP contribution in [-0.2, 0) is 24.7 Å². The zero-order valence-corrected chi connectivity index (χ0v) is 12.9. The summed E-state index contributed by atoms with van der Waals surface area (Å²) >= 11 is 0. The van der Waals surface area contributed by atoms with Gasteiger partial charge in [0.05, 0.1) is 31.0 Å². The van der Waals surface area contributed by atoms with Crippen molar-refractivity contribution >= 4 is 5.91 Å². The lowest BCUT2D eigenvalue weighted by atomic mass is 10.0. The fourth-order valence-electron chi connectivity index (χ4n) is 2.98. The first-order chi connectivity index (χ1) is 11.0. The SMILES string of the molecule is Cn1cc(C[C@H]2[C@@H](O)CCN2C(=O)Cc2ccc(F)cn2)cn1. The van der Waals surface area contributed by atoms with E-state index in [1.54, 1.807) is 15.8 Å². The van der Waals surface area contributed by atoms with Gasteiger partial charge in [-0.1, -0.05) is 0 Å². The van der Waals surface area contributed by atoms with Crippen LogP contribution in [0.15, 0.2) is 30.7 Å². The number of hydrogen-bond donors (Lipinski definition) is 1. The highest BCUT2D eigenvalue weighted by atomic mass is 19.1. The van der Waals surface area contributed by atoms with Crippen LogP contribution in [0.25, 0.3) is 0 Å². The first kappa shape index (κ1) is 15.6. The van der Waals surface area contributed by atoms with Gasteiger partial charge in [0.25, 0.3) is 0 Å². The Morgan fingerprint density at radius 2 is 2.26 bits per heavy atom. The highest BCUT2D eigenvalue weighted by molar-refractivity contribution is 5.79. The Kier molecular flexibility index (Phi) is 4.38. The second-order valence-corrected chi connectivity index (χ2v) is 5.88. The molecule has 1 saturated heterocycles. The summed E-state index contributed by atoms with van der Waals surface area (Å²) < 4.78 is 14.6. The molecule has 0 unspecified atom stereocenters. The van der Waals surface area contributed by atoms with E-state index in [9.17, 15) is 14.3 Å². The lowest BCUT2D eigenvalue weighted by Gasteiger charge is -2.26. The maximum atomic E-state index is 12.9. The molecule has 0 bridgehead atoms. The Labute approximate surface area is 133 Å². The number of carbonyl (C=O) groups excluding carboxylic acids is 1. The van der Waals surface area contributed by atoms with Crippen LogP contribution in [0, 0.1) is 5.82 Å². The van der Waals surface area contributed by atoms with Crippen molar-refractivity contribution in [1.82, 2.24) is 19.7 Å². The van der Waals surface area contributed by atoms with Gasteiger partial charge in [-0.25, -0.2) is 4.39 Å². The van der Waals surface area contributed by atoms with E-state index in [-0.39, 0.29) is 18.4 Å².